The molecule has 0 aliphatic heterocycles. The van der Waals surface area contributed by atoms with Crippen LogP contribution >= 0.6 is 90.4 Å². The highest BCUT2D eigenvalue weighted by atomic mass is 127. The van der Waals surface area contributed by atoms with Gasteiger partial charge in [0.1, 0.15) is 11.5 Å². The molecular weight excluding hydrogens is 1010 g/mol. The van der Waals surface area contributed by atoms with Gasteiger partial charge >= 0.3 is 5.97 Å². The van der Waals surface area contributed by atoms with Gasteiger partial charge in [0, 0.05) is 12.6 Å². The molecule has 9 nitrogen and oxygen atoms in total. The first-order chi connectivity index (χ1) is 20.7. The summed E-state index contributed by atoms with van der Waals surface area (Å²) >= 11 is 8.84. The summed E-state index contributed by atoms with van der Waals surface area (Å²) in [6, 6.07) is 15.9. The van der Waals surface area contributed by atoms with Gasteiger partial charge in [-0.15, -0.1) is 5.10 Å². The molecule has 0 aliphatic carbocycles. The van der Waals surface area contributed by atoms with Crippen LogP contribution in [0, 0.1) is 21.2 Å². The van der Waals surface area contributed by atoms with Gasteiger partial charge in [0.2, 0.25) is 0 Å². The van der Waals surface area contributed by atoms with Crippen molar-refractivity contribution in [2.24, 2.45) is 0 Å². The molecule has 0 bridgehead atoms. The van der Waals surface area contributed by atoms with E-state index < -0.39 is 5.97 Å². The highest BCUT2D eigenvalue weighted by Gasteiger charge is 2.15. The zero-order valence-corrected chi connectivity index (χ0v) is 31.8. The second-order valence-corrected chi connectivity index (χ2v) is 14.1. The molecule has 0 atom stereocenters. The van der Waals surface area contributed by atoms with E-state index in [4.69, 9.17) is 24.1 Å². The Morgan fingerprint density at radius 2 is 1.49 bits per heavy atom. The topological polar surface area (TPSA) is 105 Å². The molecule has 1 heterocycles. The molecule has 0 radical (unpaired) electrons. The molecule has 0 amide bonds. The number of aliphatic carboxylic acids is 1. The second-order valence-electron chi connectivity index (χ2n) is 9.50. The molecule has 0 unspecified atom stereocenters. The first kappa shape index (κ1) is 34.6. The number of carbonyl (C=O) groups is 1. The largest absolute Gasteiger partial charge is 0.491 e. The van der Waals surface area contributed by atoms with E-state index in [1.165, 1.54) is 5.56 Å². The van der Waals surface area contributed by atoms with E-state index in [0.717, 1.165) is 36.9 Å². The fourth-order valence-electron chi connectivity index (χ4n) is 3.91. The minimum atomic E-state index is -0.860. The van der Waals surface area contributed by atoms with Gasteiger partial charge in [0.05, 0.1) is 66.0 Å². The van der Waals surface area contributed by atoms with Gasteiger partial charge in [-0.25, -0.2) is 4.68 Å². The van der Waals surface area contributed by atoms with Crippen molar-refractivity contribution in [1.29, 1.82) is 0 Å². The molecule has 13 heteroatoms. The van der Waals surface area contributed by atoms with Crippen molar-refractivity contribution in [3.8, 4) is 17.2 Å². The lowest BCUT2D eigenvalue weighted by Gasteiger charge is -2.15. The molecule has 4 aromatic rings. The summed E-state index contributed by atoms with van der Waals surface area (Å²) in [6.07, 6.45) is 2.51. The van der Waals surface area contributed by atoms with Crippen LogP contribution in [0.2, 0.25) is 0 Å². The van der Waals surface area contributed by atoms with Gasteiger partial charge in [-0.3, -0.25) is 4.79 Å². The van der Waals surface area contributed by atoms with Crippen molar-refractivity contribution < 1.29 is 28.8 Å². The van der Waals surface area contributed by atoms with E-state index in [1.807, 2.05) is 30.5 Å². The third-order valence-electron chi connectivity index (χ3n) is 6.02. The maximum atomic E-state index is 11.1. The smallest absolute Gasteiger partial charge is 0.307 e. The maximum absolute atomic E-state index is 11.1. The number of aryl methyl sites for hydroxylation is 1. The fraction of sp³-hybridized carbons (Fsp3) is 0.300. The van der Waals surface area contributed by atoms with Crippen molar-refractivity contribution in [1.82, 2.24) is 15.0 Å². The number of carboxylic acids is 1. The van der Waals surface area contributed by atoms with Gasteiger partial charge in [-0.1, -0.05) is 35.0 Å². The van der Waals surface area contributed by atoms with Gasteiger partial charge in [-0.05, 0) is 133 Å². The molecule has 3 aromatic carbocycles. The summed E-state index contributed by atoms with van der Waals surface area (Å²) in [5.41, 5.74) is 3.99. The number of benzene rings is 3. The molecule has 43 heavy (non-hydrogen) atoms. The van der Waals surface area contributed by atoms with Crippen molar-refractivity contribution in [3.05, 3.63) is 91.4 Å². The van der Waals surface area contributed by atoms with E-state index in [1.54, 1.807) is 4.68 Å². The highest BCUT2D eigenvalue weighted by Crippen LogP contribution is 2.37. The zero-order valence-electron chi connectivity index (χ0n) is 23.2. The number of hydrogen-bond acceptors (Lipinski definition) is 7. The number of aromatic nitrogens is 3. The Hall–Kier alpha value is -1.29. The maximum Gasteiger partial charge on any atom is 0.307 e. The number of hydrogen-bond donors (Lipinski definition) is 1. The third-order valence-corrected chi connectivity index (χ3v) is 9.23. The van der Waals surface area contributed by atoms with E-state index in [0.29, 0.717) is 57.5 Å². The first-order valence-corrected chi connectivity index (χ1v) is 17.6. The second kappa shape index (κ2) is 17.4. The average Bonchev–Trinajstić information content (AvgIpc) is 3.40. The van der Waals surface area contributed by atoms with Gasteiger partial charge in [0.25, 0.3) is 0 Å². The Balaban J connectivity index is 1.19. The standard InChI is InChI=1S/C30H29I4N3O6/c1-19-2-4-20(5-3-19)18-41-11-10-40-9-7-37-17-22(35-36-37)6-8-42-29-26(33)15-23(16-27(29)34)43-30-24(31)12-21(13-25(30)32)14-28(38)39/h2-5,12-13,15-17H,6-11,14,18H2,1H3,(H,38,39). The summed E-state index contributed by atoms with van der Waals surface area (Å²) in [5, 5.41) is 17.5. The van der Waals surface area contributed by atoms with Crippen LogP contribution < -0.4 is 9.47 Å². The number of halogens is 4. The van der Waals surface area contributed by atoms with Crippen LogP contribution in [0.1, 0.15) is 22.4 Å². The summed E-state index contributed by atoms with van der Waals surface area (Å²) in [5.74, 6) is 1.32. The Bertz CT molecular complexity index is 1480. The van der Waals surface area contributed by atoms with Crippen LogP contribution in [0.5, 0.6) is 17.2 Å². The Morgan fingerprint density at radius 3 is 2.16 bits per heavy atom. The molecule has 0 fully saturated rings. The van der Waals surface area contributed by atoms with E-state index >= 15 is 0 Å². The van der Waals surface area contributed by atoms with Gasteiger partial charge in [0.15, 0.2) is 5.75 Å². The molecule has 4 rings (SSSR count). The van der Waals surface area contributed by atoms with E-state index in [-0.39, 0.29) is 6.42 Å². The highest BCUT2D eigenvalue weighted by molar-refractivity contribution is 14.1. The van der Waals surface area contributed by atoms with Crippen LogP contribution in [0.15, 0.2) is 54.7 Å². The lowest BCUT2D eigenvalue weighted by Crippen LogP contribution is -2.10. The van der Waals surface area contributed by atoms with Crippen LogP contribution in [-0.2, 0) is 40.3 Å². The summed E-state index contributed by atoms with van der Waals surface area (Å²) in [7, 11) is 0. The predicted octanol–water partition coefficient (Wildman–Crippen LogP) is 7.28. The minimum absolute atomic E-state index is 0.0234. The molecular formula is C30H29I4N3O6. The lowest BCUT2D eigenvalue weighted by molar-refractivity contribution is -0.136. The van der Waals surface area contributed by atoms with E-state index in [2.05, 4.69) is 132 Å². The van der Waals surface area contributed by atoms with Crippen LogP contribution in [0.3, 0.4) is 0 Å². The van der Waals surface area contributed by atoms with Crippen molar-refractivity contribution in [3.63, 3.8) is 0 Å². The zero-order chi connectivity index (χ0) is 30.8. The normalized spacial score (nSPS) is 11.1. The Labute approximate surface area is 305 Å². The Morgan fingerprint density at radius 1 is 0.837 bits per heavy atom. The third kappa shape index (κ3) is 11.2. The summed E-state index contributed by atoms with van der Waals surface area (Å²) < 4.78 is 29.0. The molecule has 0 saturated heterocycles. The monoisotopic (exact) mass is 1030 g/mol. The summed E-state index contributed by atoms with van der Waals surface area (Å²) in [4.78, 5) is 11.1. The predicted molar refractivity (Wildman–Crippen MR) is 196 cm³/mol. The van der Waals surface area contributed by atoms with Gasteiger partial charge in [-0.2, -0.15) is 0 Å². The number of ether oxygens (including phenoxy) is 4. The number of rotatable bonds is 16. The first-order valence-electron chi connectivity index (χ1n) is 13.3. The summed E-state index contributed by atoms with van der Waals surface area (Å²) in [6.45, 7) is 5.32. The van der Waals surface area contributed by atoms with Crippen molar-refractivity contribution >= 4 is 96.3 Å². The molecule has 1 N–H and O–H groups in total. The van der Waals surface area contributed by atoms with Crippen molar-refractivity contribution in [2.75, 3.05) is 26.4 Å². The quantitative estimate of drug-likeness (QED) is 0.0924. The molecule has 0 saturated carbocycles. The van der Waals surface area contributed by atoms with Crippen LogP contribution in [0.25, 0.3) is 0 Å². The number of carboxylic acid groups (broad SMARTS) is 1. The lowest BCUT2D eigenvalue weighted by atomic mass is 10.1. The van der Waals surface area contributed by atoms with Crippen LogP contribution in [-0.4, -0.2) is 52.5 Å². The van der Waals surface area contributed by atoms with Crippen molar-refractivity contribution in [2.45, 2.75) is 32.9 Å². The minimum Gasteiger partial charge on any atom is -0.491 e. The molecule has 0 aliphatic rings. The van der Waals surface area contributed by atoms with Gasteiger partial charge < -0.3 is 24.1 Å². The average molecular weight is 1040 g/mol. The molecule has 228 valence electrons. The van der Waals surface area contributed by atoms with Crippen LogP contribution in [0.4, 0.5) is 0 Å². The van der Waals surface area contributed by atoms with E-state index in [9.17, 15) is 4.79 Å². The fourth-order valence-corrected chi connectivity index (χ4v) is 8.05. The number of nitrogens with zero attached hydrogens (tertiary/aromatic N) is 3. The Kier molecular flexibility index (Phi) is 14.0. The molecule has 0 spiro atoms. The SMILES string of the molecule is Cc1ccc(COCCOCCn2cc(CCOc3c(I)cc(Oc4c(I)cc(CC(=O)O)cc4I)cc3I)nn2)cc1. The molecule has 1 aromatic heterocycles.